The van der Waals surface area contributed by atoms with Gasteiger partial charge in [-0.1, -0.05) is 54.6 Å². The van der Waals surface area contributed by atoms with Crippen LogP contribution in [0.25, 0.3) is 10.8 Å². The molecule has 0 saturated heterocycles. The second kappa shape index (κ2) is 9.41. The molecule has 1 amide bonds. The molecule has 2 N–H and O–H groups in total. The summed E-state index contributed by atoms with van der Waals surface area (Å²) in [7, 11) is 0. The summed E-state index contributed by atoms with van der Waals surface area (Å²) in [4.78, 5) is 13.2. The Morgan fingerprint density at radius 3 is 2.50 bits per heavy atom. The SMILES string of the molecule is C[C@H](NCC(=O)NCCSc1ccccc1)c1ccc2ccccc2c1. The van der Waals surface area contributed by atoms with Gasteiger partial charge < -0.3 is 10.6 Å². The Morgan fingerprint density at radius 1 is 0.962 bits per heavy atom. The minimum Gasteiger partial charge on any atom is -0.354 e. The average molecular weight is 365 g/mol. The number of amides is 1. The van der Waals surface area contributed by atoms with E-state index in [1.807, 2.05) is 30.3 Å². The molecule has 3 aromatic carbocycles. The first kappa shape index (κ1) is 18.5. The first-order valence-electron chi connectivity index (χ1n) is 8.89. The molecule has 0 unspecified atom stereocenters. The lowest BCUT2D eigenvalue weighted by Gasteiger charge is -2.15. The van der Waals surface area contributed by atoms with E-state index in [1.165, 1.54) is 21.2 Å². The summed E-state index contributed by atoms with van der Waals surface area (Å²) in [5.41, 5.74) is 1.19. The molecule has 0 saturated carbocycles. The number of carbonyl (C=O) groups excluding carboxylic acids is 1. The maximum absolute atomic E-state index is 12.0. The van der Waals surface area contributed by atoms with Gasteiger partial charge in [0.15, 0.2) is 0 Å². The zero-order valence-corrected chi connectivity index (χ0v) is 15.8. The van der Waals surface area contributed by atoms with Crippen LogP contribution in [0.15, 0.2) is 77.7 Å². The molecule has 3 aromatic rings. The van der Waals surface area contributed by atoms with Gasteiger partial charge in [-0.15, -0.1) is 11.8 Å². The molecule has 0 aliphatic heterocycles. The van der Waals surface area contributed by atoms with E-state index in [-0.39, 0.29) is 11.9 Å². The van der Waals surface area contributed by atoms with Crippen LogP contribution >= 0.6 is 11.8 Å². The lowest BCUT2D eigenvalue weighted by molar-refractivity contribution is -0.120. The summed E-state index contributed by atoms with van der Waals surface area (Å²) in [5.74, 6) is 0.905. The van der Waals surface area contributed by atoms with Crippen LogP contribution in [0.3, 0.4) is 0 Å². The predicted octanol–water partition coefficient (Wildman–Crippen LogP) is 4.40. The van der Waals surface area contributed by atoms with Crippen LogP contribution in [-0.2, 0) is 4.79 Å². The van der Waals surface area contributed by atoms with Gasteiger partial charge in [-0.3, -0.25) is 4.79 Å². The Labute approximate surface area is 159 Å². The largest absolute Gasteiger partial charge is 0.354 e. The molecule has 0 heterocycles. The number of thioether (sulfide) groups is 1. The van der Waals surface area contributed by atoms with Crippen molar-refractivity contribution in [2.75, 3.05) is 18.8 Å². The van der Waals surface area contributed by atoms with Gasteiger partial charge in [0.2, 0.25) is 5.91 Å². The van der Waals surface area contributed by atoms with Crippen molar-refractivity contribution >= 4 is 28.4 Å². The van der Waals surface area contributed by atoms with E-state index in [1.54, 1.807) is 11.8 Å². The first-order chi connectivity index (χ1) is 12.7. The first-order valence-corrected chi connectivity index (χ1v) is 9.87. The number of carbonyl (C=O) groups is 1. The van der Waals surface area contributed by atoms with Crippen molar-refractivity contribution in [2.45, 2.75) is 17.9 Å². The maximum atomic E-state index is 12.0. The summed E-state index contributed by atoms with van der Waals surface area (Å²) < 4.78 is 0. The van der Waals surface area contributed by atoms with Gasteiger partial charge in [0.05, 0.1) is 6.54 Å². The summed E-state index contributed by atoms with van der Waals surface area (Å²) in [6, 6.07) is 25.1. The third-order valence-electron chi connectivity index (χ3n) is 4.28. The highest BCUT2D eigenvalue weighted by molar-refractivity contribution is 7.99. The van der Waals surface area contributed by atoms with E-state index in [9.17, 15) is 4.79 Å². The fourth-order valence-electron chi connectivity index (χ4n) is 2.78. The van der Waals surface area contributed by atoms with Crippen molar-refractivity contribution in [2.24, 2.45) is 0 Å². The Morgan fingerprint density at radius 2 is 1.69 bits per heavy atom. The molecule has 0 bridgehead atoms. The molecular formula is C22H24N2OS. The smallest absolute Gasteiger partial charge is 0.234 e. The molecule has 0 fully saturated rings. The molecular weight excluding hydrogens is 340 g/mol. The number of hydrogen-bond acceptors (Lipinski definition) is 3. The lowest BCUT2D eigenvalue weighted by atomic mass is 10.0. The topological polar surface area (TPSA) is 41.1 Å². The monoisotopic (exact) mass is 364 g/mol. The third kappa shape index (κ3) is 5.35. The van der Waals surface area contributed by atoms with E-state index < -0.39 is 0 Å². The van der Waals surface area contributed by atoms with E-state index in [0.29, 0.717) is 13.1 Å². The Hall–Kier alpha value is -2.30. The van der Waals surface area contributed by atoms with Crippen LogP contribution in [0.1, 0.15) is 18.5 Å². The predicted molar refractivity (Wildman–Crippen MR) is 111 cm³/mol. The molecule has 0 aliphatic carbocycles. The van der Waals surface area contributed by atoms with Crippen molar-refractivity contribution in [1.29, 1.82) is 0 Å². The average Bonchev–Trinajstić information content (AvgIpc) is 2.70. The Bertz CT molecular complexity index is 851. The van der Waals surface area contributed by atoms with E-state index >= 15 is 0 Å². The highest BCUT2D eigenvalue weighted by Crippen LogP contribution is 2.20. The van der Waals surface area contributed by atoms with Crippen molar-refractivity contribution in [1.82, 2.24) is 10.6 Å². The summed E-state index contributed by atoms with van der Waals surface area (Å²) >= 11 is 1.75. The van der Waals surface area contributed by atoms with E-state index in [4.69, 9.17) is 0 Å². The maximum Gasteiger partial charge on any atom is 0.234 e. The highest BCUT2D eigenvalue weighted by atomic mass is 32.2. The number of fused-ring (bicyclic) bond motifs is 1. The number of rotatable bonds is 8. The van der Waals surface area contributed by atoms with Crippen molar-refractivity contribution in [3.05, 3.63) is 78.4 Å². The number of hydrogen-bond donors (Lipinski definition) is 2. The third-order valence-corrected chi connectivity index (χ3v) is 5.29. The molecule has 3 nitrogen and oxygen atoms in total. The van der Waals surface area contributed by atoms with Gasteiger partial charge in [-0.25, -0.2) is 0 Å². The minimum atomic E-state index is 0.0336. The second-order valence-electron chi connectivity index (χ2n) is 6.22. The zero-order valence-electron chi connectivity index (χ0n) is 14.9. The molecule has 26 heavy (non-hydrogen) atoms. The highest BCUT2D eigenvalue weighted by Gasteiger charge is 2.08. The van der Waals surface area contributed by atoms with Gasteiger partial charge >= 0.3 is 0 Å². The summed E-state index contributed by atoms with van der Waals surface area (Å²) in [6.45, 7) is 3.08. The Balaban J connectivity index is 1.40. The Kier molecular flexibility index (Phi) is 6.69. The summed E-state index contributed by atoms with van der Waals surface area (Å²) in [5, 5.41) is 8.73. The van der Waals surface area contributed by atoms with Crippen molar-refractivity contribution in [3.8, 4) is 0 Å². The molecule has 0 radical (unpaired) electrons. The van der Waals surface area contributed by atoms with Crippen molar-refractivity contribution in [3.63, 3.8) is 0 Å². The summed E-state index contributed by atoms with van der Waals surface area (Å²) in [6.07, 6.45) is 0. The lowest BCUT2D eigenvalue weighted by Crippen LogP contribution is -2.36. The molecule has 3 rings (SSSR count). The quantitative estimate of drug-likeness (QED) is 0.460. The van der Waals surface area contributed by atoms with Gasteiger partial charge in [0.1, 0.15) is 0 Å². The van der Waals surface area contributed by atoms with Gasteiger partial charge in [-0.2, -0.15) is 0 Å². The van der Waals surface area contributed by atoms with Crippen LogP contribution in [0.5, 0.6) is 0 Å². The van der Waals surface area contributed by atoms with Crippen molar-refractivity contribution < 1.29 is 4.79 Å². The van der Waals surface area contributed by atoms with Gasteiger partial charge in [0.25, 0.3) is 0 Å². The number of benzene rings is 3. The normalized spacial score (nSPS) is 12.0. The second-order valence-corrected chi connectivity index (χ2v) is 7.39. The molecule has 1 atom stereocenters. The van der Waals surface area contributed by atoms with Gasteiger partial charge in [0, 0.05) is 23.2 Å². The fourth-order valence-corrected chi connectivity index (χ4v) is 3.57. The van der Waals surface area contributed by atoms with Crippen LogP contribution in [0.2, 0.25) is 0 Å². The van der Waals surface area contributed by atoms with Crippen LogP contribution in [0.4, 0.5) is 0 Å². The fraction of sp³-hybridized carbons (Fsp3) is 0.227. The van der Waals surface area contributed by atoms with E-state index in [2.05, 4.69) is 60.0 Å². The van der Waals surface area contributed by atoms with Gasteiger partial charge in [-0.05, 0) is 41.5 Å². The molecule has 0 aliphatic rings. The standard InChI is InChI=1S/C22H24N2OS/c1-17(19-12-11-18-7-5-6-8-20(18)15-19)24-16-22(25)23-13-14-26-21-9-3-2-4-10-21/h2-12,15,17,24H,13-14,16H2,1H3,(H,23,25)/t17-/m0/s1. The molecule has 134 valence electrons. The van der Waals surface area contributed by atoms with Crippen LogP contribution in [-0.4, -0.2) is 24.7 Å². The molecule has 0 spiro atoms. The van der Waals surface area contributed by atoms with Crippen LogP contribution in [0, 0.1) is 0 Å². The van der Waals surface area contributed by atoms with E-state index in [0.717, 1.165) is 5.75 Å². The van der Waals surface area contributed by atoms with Crippen LogP contribution < -0.4 is 10.6 Å². The number of nitrogens with one attached hydrogen (secondary N) is 2. The molecule has 4 heteroatoms. The zero-order chi connectivity index (χ0) is 18.2. The minimum absolute atomic E-state index is 0.0336. The molecule has 0 aromatic heterocycles.